The van der Waals surface area contributed by atoms with E-state index in [2.05, 4.69) is 51.4 Å². The first-order valence-electron chi connectivity index (χ1n) is 12.5. The number of piperidine rings is 1. The number of hydrogen-bond acceptors (Lipinski definition) is 7. The summed E-state index contributed by atoms with van der Waals surface area (Å²) in [5.41, 5.74) is 3.92. The standard InChI is InChI=1S/C27H34N6O2/c1-21-25(22(2)35-30-21)26(34)33-17-10-27(11-18-33)9-16-31(20-27)19-23-5-7-24(8-6-23)32(14-3-12-28)15-4-13-29/h5-8H,3-4,9-11,14-20H2,1-2H3. The van der Waals surface area contributed by atoms with Crippen LogP contribution in [0.5, 0.6) is 0 Å². The Morgan fingerprint density at radius 1 is 1.06 bits per heavy atom. The monoisotopic (exact) mass is 474 g/mol. The normalized spacial score (nSPS) is 17.3. The van der Waals surface area contributed by atoms with Gasteiger partial charge in [-0.15, -0.1) is 0 Å². The van der Waals surface area contributed by atoms with Crippen LogP contribution in [0.25, 0.3) is 0 Å². The third kappa shape index (κ3) is 5.66. The van der Waals surface area contributed by atoms with E-state index < -0.39 is 0 Å². The number of hydrogen-bond donors (Lipinski definition) is 0. The van der Waals surface area contributed by atoms with Crippen molar-refractivity contribution in [3.05, 3.63) is 46.8 Å². The smallest absolute Gasteiger partial charge is 0.259 e. The number of aryl methyl sites for hydroxylation is 2. The highest BCUT2D eigenvalue weighted by atomic mass is 16.5. The molecule has 0 N–H and O–H groups in total. The molecule has 0 aliphatic carbocycles. The van der Waals surface area contributed by atoms with Gasteiger partial charge in [0.25, 0.3) is 5.91 Å². The minimum absolute atomic E-state index is 0.0460. The number of carbonyl (C=O) groups excluding carboxylic acids is 1. The molecule has 0 saturated carbocycles. The van der Waals surface area contributed by atoms with Gasteiger partial charge in [-0.1, -0.05) is 17.3 Å². The third-order valence-corrected chi connectivity index (χ3v) is 7.57. The molecule has 0 atom stereocenters. The lowest BCUT2D eigenvalue weighted by Gasteiger charge is -2.39. The average molecular weight is 475 g/mol. The van der Waals surface area contributed by atoms with Crippen LogP contribution in [0.1, 0.15) is 59.5 Å². The first-order chi connectivity index (χ1) is 16.9. The average Bonchev–Trinajstić information content (AvgIpc) is 3.41. The molecule has 0 radical (unpaired) electrons. The summed E-state index contributed by atoms with van der Waals surface area (Å²) in [7, 11) is 0. The lowest BCUT2D eigenvalue weighted by atomic mass is 9.77. The van der Waals surface area contributed by atoms with Crippen LogP contribution in [-0.2, 0) is 6.54 Å². The quantitative estimate of drug-likeness (QED) is 0.569. The number of benzene rings is 1. The molecule has 4 rings (SSSR count). The molecule has 35 heavy (non-hydrogen) atoms. The van der Waals surface area contributed by atoms with Gasteiger partial charge in [0.05, 0.1) is 30.7 Å². The molecule has 184 valence electrons. The molecule has 0 unspecified atom stereocenters. The van der Waals surface area contributed by atoms with Gasteiger partial charge in [0, 0.05) is 45.0 Å². The number of carbonyl (C=O) groups is 1. The van der Waals surface area contributed by atoms with Crippen molar-refractivity contribution in [1.29, 1.82) is 10.5 Å². The van der Waals surface area contributed by atoms with Gasteiger partial charge >= 0.3 is 0 Å². The van der Waals surface area contributed by atoms with Crippen LogP contribution in [0.4, 0.5) is 5.69 Å². The molecule has 1 amide bonds. The predicted octanol–water partition coefficient (Wildman–Crippen LogP) is 4.05. The number of anilines is 1. The molecule has 0 bridgehead atoms. The topological polar surface area (TPSA) is 100 Å². The fraction of sp³-hybridized carbons (Fsp3) is 0.556. The van der Waals surface area contributed by atoms with Crippen molar-refractivity contribution in [3.63, 3.8) is 0 Å². The van der Waals surface area contributed by atoms with E-state index in [4.69, 9.17) is 15.0 Å². The van der Waals surface area contributed by atoms with E-state index in [1.54, 1.807) is 6.92 Å². The van der Waals surface area contributed by atoms with Crippen LogP contribution in [0.3, 0.4) is 0 Å². The van der Waals surface area contributed by atoms with E-state index in [1.807, 2.05) is 11.8 Å². The zero-order valence-electron chi connectivity index (χ0n) is 20.8. The summed E-state index contributed by atoms with van der Waals surface area (Å²) in [6, 6.07) is 12.9. The van der Waals surface area contributed by atoms with Crippen LogP contribution in [-0.4, -0.2) is 60.1 Å². The van der Waals surface area contributed by atoms with Crippen LogP contribution < -0.4 is 4.90 Å². The second-order valence-corrected chi connectivity index (χ2v) is 9.92. The lowest BCUT2D eigenvalue weighted by Crippen LogP contribution is -2.44. The van der Waals surface area contributed by atoms with Gasteiger partial charge in [-0.25, -0.2) is 0 Å². The molecule has 1 aromatic heterocycles. The van der Waals surface area contributed by atoms with Gasteiger partial charge < -0.3 is 14.3 Å². The lowest BCUT2D eigenvalue weighted by molar-refractivity contribution is 0.0585. The largest absolute Gasteiger partial charge is 0.369 e. The van der Waals surface area contributed by atoms with E-state index in [-0.39, 0.29) is 5.91 Å². The number of rotatable bonds is 8. The number of aromatic nitrogens is 1. The molecule has 2 aliphatic heterocycles. The zero-order valence-corrected chi connectivity index (χ0v) is 20.8. The highest BCUT2D eigenvalue weighted by Crippen LogP contribution is 2.41. The second kappa shape index (κ2) is 10.9. The highest BCUT2D eigenvalue weighted by Gasteiger charge is 2.41. The summed E-state index contributed by atoms with van der Waals surface area (Å²) in [4.78, 5) is 19.6. The number of amides is 1. The molecular formula is C27H34N6O2. The van der Waals surface area contributed by atoms with Crippen LogP contribution in [0, 0.1) is 41.9 Å². The Morgan fingerprint density at radius 2 is 1.69 bits per heavy atom. The number of likely N-dealkylation sites (tertiary alicyclic amines) is 2. The fourth-order valence-electron chi connectivity index (χ4n) is 5.51. The predicted molar refractivity (Wildman–Crippen MR) is 133 cm³/mol. The minimum Gasteiger partial charge on any atom is -0.369 e. The van der Waals surface area contributed by atoms with Crippen molar-refractivity contribution in [2.75, 3.05) is 44.2 Å². The molecule has 2 fully saturated rings. The maximum Gasteiger partial charge on any atom is 0.259 e. The number of nitriles is 2. The third-order valence-electron chi connectivity index (χ3n) is 7.57. The van der Waals surface area contributed by atoms with E-state index in [1.165, 1.54) is 12.0 Å². The van der Waals surface area contributed by atoms with Gasteiger partial charge in [0.2, 0.25) is 0 Å². The van der Waals surface area contributed by atoms with Crippen molar-refractivity contribution >= 4 is 11.6 Å². The Labute approximate surface area is 207 Å². The van der Waals surface area contributed by atoms with E-state index in [0.717, 1.165) is 51.3 Å². The van der Waals surface area contributed by atoms with Crippen molar-refractivity contribution in [3.8, 4) is 12.1 Å². The summed E-state index contributed by atoms with van der Waals surface area (Å²) >= 11 is 0. The van der Waals surface area contributed by atoms with Gasteiger partial charge in [0.1, 0.15) is 11.3 Å². The minimum atomic E-state index is 0.0460. The molecule has 8 heteroatoms. The Hall–Kier alpha value is -3.36. The van der Waals surface area contributed by atoms with Crippen molar-refractivity contribution < 1.29 is 9.32 Å². The molecule has 1 aromatic carbocycles. The van der Waals surface area contributed by atoms with Gasteiger partial charge in [0.15, 0.2) is 0 Å². The molecular weight excluding hydrogens is 440 g/mol. The van der Waals surface area contributed by atoms with E-state index >= 15 is 0 Å². The molecule has 2 aliphatic rings. The summed E-state index contributed by atoms with van der Waals surface area (Å²) < 4.78 is 5.19. The summed E-state index contributed by atoms with van der Waals surface area (Å²) in [6.07, 6.45) is 4.14. The summed E-state index contributed by atoms with van der Waals surface area (Å²) in [6.45, 7) is 9.54. The summed E-state index contributed by atoms with van der Waals surface area (Å²) in [5.74, 6) is 0.647. The fourth-order valence-corrected chi connectivity index (χ4v) is 5.51. The maximum absolute atomic E-state index is 13.0. The Balaban J connectivity index is 1.30. The molecule has 1 spiro atoms. The van der Waals surface area contributed by atoms with Crippen molar-refractivity contribution in [1.82, 2.24) is 15.0 Å². The highest BCUT2D eigenvalue weighted by molar-refractivity contribution is 5.96. The van der Waals surface area contributed by atoms with Crippen molar-refractivity contribution in [2.24, 2.45) is 5.41 Å². The van der Waals surface area contributed by atoms with Gasteiger partial charge in [-0.2, -0.15) is 10.5 Å². The Kier molecular flexibility index (Phi) is 7.73. The van der Waals surface area contributed by atoms with Gasteiger partial charge in [-0.3, -0.25) is 9.69 Å². The second-order valence-electron chi connectivity index (χ2n) is 9.92. The zero-order chi connectivity index (χ0) is 24.8. The van der Waals surface area contributed by atoms with E-state index in [0.29, 0.717) is 48.4 Å². The van der Waals surface area contributed by atoms with Crippen LogP contribution >= 0.6 is 0 Å². The molecule has 3 heterocycles. The van der Waals surface area contributed by atoms with Crippen LogP contribution in [0.2, 0.25) is 0 Å². The maximum atomic E-state index is 13.0. The first kappa shape index (κ1) is 24.8. The first-order valence-corrected chi connectivity index (χ1v) is 12.5. The molecule has 2 saturated heterocycles. The SMILES string of the molecule is Cc1noc(C)c1C(=O)N1CCC2(CCN(Cc3ccc(N(CCC#N)CCC#N)cc3)C2)CC1. The van der Waals surface area contributed by atoms with Gasteiger partial charge in [-0.05, 0) is 62.8 Å². The van der Waals surface area contributed by atoms with Crippen molar-refractivity contribution in [2.45, 2.75) is 52.5 Å². The molecule has 2 aromatic rings. The summed E-state index contributed by atoms with van der Waals surface area (Å²) in [5, 5.41) is 21.8. The number of nitrogens with zero attached hydrogens (tertiary/aromatic N) is 6. The Bertz CT molecular complexity index is 1060. The Morgan fingerprint density at radius 3 is 2.26 bits per heavy atom. The van der Waals surface area contributed by atoms with Crippen LogP contribution in [0.15, 0.2) is 28.8 Å². The molecule has 8 nitrogen and oxygen atoms in total. The van der Waals surface area contributed by atoms with E-state index in [9.17, 15) is 4.79 Å².